The molecule has 34 heteroatoms. The first-order chi connectivity index (χ1) is 51.0. The molecule has 4 saturated heterocycles. The van der Waals surface area contributed by atoms with E-state index in [1.54, 1.807) is 0 Å². The van der Waals surface area contributed by atoms with Crippen LogP contribution < -0.4 is 16.0 Å². The van der Waals surface area contributed by atoms with Crippen molar-refractivity contribution in [3.05, 3.63) is 0 Å². The van der Waals surface area contributed by atoms with Crippen LogP contribution in [0.2, 0.25) is 0 Å². The number of carbonyl (C=O) groups is 5. The van der Waals surface area contributed by atoms with Crippen molar-refractivity contribution in [1.29, 1.82) is 0 Å². The lowest BCUT2D eigenvalue weighted by atomic mass is 9.87. The Hall–Kier alpha value is -3.61. The van der Waals surface area contributed by atoms with E-state index in [2.05, 4.69) is 29.8 Å². The molecule has 34 nitrogen and oxygen atoms in total. The second-order valence-corrected chi connectivity index (χ2v) is 29.6. The van der Waals surface area contributed by atoms with Gasteiger partial charge in [0.15, 0.2) is 12.6 Å². The van der Waals surface area contributed by atoms with E-state index in [-0.39, 0.29) is 12.8 Å². The van der Waals surface area contributed by atoms with Gasteiger partial charge in [-0.3, -0.25) is 14.4 Å². The van der Waals surface area contributed by atoms with Gasteiger partial charge < -0.3 is 146 Å². The van der Waals surface area contributed by atoms with Crippen LogP contribution in [0.4, 0.5) is 0 Å². The van der Waals surface area contributed by atoms with Crippen LogP contribution in [0.5, 0.6) is 0 Å². The second-order valence-electron chi connectivity index (χ2n) is 29.6. The molecule has 4 heterocycles. The molecule has 0 spiro atoms. The number of rotatable bonds is 56. The van der Waals surface area contributed by atoms with Gasteiger partial charge >= 0.3 is 11.9 Å². The van der Waals surface area contributed by atoms with Gasteiger partial charge in [-0.05, 0) is 12.8 Å². The van der Waals surface area contributed by atoms with E-state index in [0.29, 0.717) is 12.8 Å². The maximum Gasteiger partial charge on any atom is 0.364 e. The number of aliphatic carboxylic acids is 2. The quantitative estimate of drug-likeness (QED) is 0.0347. The van der Waals surface area contributed by atoms with Gasteiger partial charge in [0.1, 0.15) is 97.7 Å². The highest BCUT2D eigenvalue weighted by Crippen LogP contribution is 2.41. The number of amides is 3. The molecule has 0 saturated carbocycles. The Morgan fingerprint density at radius 3 is 1.33 bits per heavy atom. The standard InChI is InChI=1S/C73H133N3O31/c1-5-7-9-11-13-15-17-18-19-20-21-22-23-25-27-29-31-33-35-47(84)67(95)76-45(56(88)46(83)34-32-30-28-26-24-16-14-12-10-8-6-2)42-100-68-61(93)60(92)63(53(41-80)102-68)103-69-62(94)66(58(90)51(39-78)101-69)107-73(71(98)99)37-49(86)55(75-44(4)82)65(106-73)59(91)52(40-79)104-72(70(96)97)36-48(85)54(74-43(3)81)64(105-72)57(89)50(87)38-77/h45-66,68-69,77-80,83-94H,5-42H2,1-4H3,(H,74,81)(H,75,82)(H,76,95)(H,96,97)(H,98,99)/t45-,46+,47+,48-,49-,50+,51+,52+,53+,54+,55+,56-,57+,58-,59+,60+,61+,62+,63+,64+,65+,66-,68+,69-,72-,73-/m0/s1. The Labute approximate surface area is 628 Å². The first-order valence-corrected chi connectivity index (χ1v) is 39.2. The third-order valence-electron chi connectivity index (χ3n) is 20.8. The van der Waals surface area contributed by atoms with Crippen molar-refractivity contribution in [1.82, 2.24) is 16.0 Å². The highest BCUT2D eigenvalue weighted by Gasteiger charge is 2.62. The summed E-state index contributed by atoms with van der Waals surface area (Å²) < 4.78 is 46.3. The van der Waals surface area contributed by atoms with Crippen molar-refractivity contribution in [3.63, 3.8) is 0 Å². The number of carboxylic acids is 2. The number of carboxylic acid groups (broad SMARTS) is 2. The van der Waals surface area contributed by atoms with Crippen molar-refractivity contribution in [2.24, 2.45) is 0 Å². The van der Waals surface area contributed by atoms with Crippen LogP contribution in [0.1, 0.15) is 240 Å². The van der Waals surface area contributed by atoms with Crippen molar-refractivity contribution >= 4 is 29.7 Å². The average molecular weight is 1550 g/mol. The Kier molecular flexibility index (Phi) is 45.2. The van der Waals surface area contributed by atoms with Crippen molar-refractivity contribution < 1.29 is 154 Å². The monoisotopic (exact) mass is 1550 g/mol. The minimum Gasteiger partial charge on any atom is -0.477 e. The van der Waals surface area contributed by atoms with Crippen LogP contribution in [0.15, 0.2) is 0 Å². The molecule has 0 unspecified atom stereocenters. The van der Waals surface area contributed by atoms with Gasteiger partial charge in [0.05, 0.1) is 69.5 Å². The molecule has 21 N–H and O–H groups in total. The molecule has 4 rings (SSSR count). The molecule has 4 aliphatic heterocycles. The second kappa shape index (κ2) is 50.5. The van der Waals surface area contributed by atoms with E-state index in [0.717, 1.165) is 78.1 Å². The molecule has 626 valence electrons. The summed E-state index contributed by atoms with van der Waals surface area (Å²) in [6.07, 6.45) is -14.3. The summed E-state index contributed by atoms with van der Waals surface area (Å²) in [5, 5.41) is 207. The Bertz CT molecular complexity index is 2480. The van der Waals surface area contributed by atoms with Crippen LogP contribution in [-0.2, 0) is 61.9 Å². The summed E-state index contributed by atoms with van der Waals surface area (Å²) in [4.78, 5) is 65.2. The van der Waals surface area contributed by atoms with Crippen LogP contribution in [0.25, 0.3) is 0 Å². The molecule has 0 aromatic carbocycles. The zero-order valence-electron chi connectivity index (χ0n) is 63.1. The number of ether oxygens (including phenoxy) is 8. The lowest BCUT2D eigenvalue weighted by Crippen LogP contribution is -2.72. The normalized spacial score (nSPS) is 31.4. The molecule has 0 aliphatic carbocycles. The summed E-state index contributed by atoms with van der Waals surface area (Å²) in [5.74, 6) is -13.7. The molecule has 0 radical (unpaired) electrons. The molecule has 107 heavy (non-hydrogen) atoms. The number of aliphatic hydroxyl groups excluding tert-OH is 16. The highest BCUT2D eigenvalue weighted by molar-refractivity contribution is 5.81. The highest BCUT2D eigenvalue weighted by atomic mass is 16.8. The third kappa shape index (κ3) is 30.4. The number of nitrogens with one attached hydrogen (secondary N) is 3. The Morgan fingerprint density at radius 2 is 0.897 bits per heavy atom. The molecule has 4 fully saturated rings. The summed E-state index contributed by atoms with van der Waals surface area (Å²) in [7, 11) is 0. The number of hydrogen-bond acceptors (Lipinski definition) is 29. The van der Waals surface area contributed by atoms with Gasteiger partial charge in [0, 0.05) is 26.7 Å². The summed E-state index contributed by atoms with van der Waals surface area (Å²) in [6, 6.07) is -5.12. The molecule has 4 aliphatic rings. The number of carbonyl (C=O) groups excluding carboxylic acids is 3. The SMILES string of the molecule is CCCCCCCCCCCCCCCCCCCC[C@@H](O)C(=O)N[C@@H](CO[C@@H]1O[C@H](CO)[C@@H](O[C@@H]2O[C@H](CO)[C@H](O)[C@H](O[C@]3(C(=O)O)C[C@H](O)[C@@H](NC(C)=O)[C@H]([C@H](O)[C@@H](CO)O[C@@]4(C(=O)O)C[C@H](O)[C@@H](NC(C)=O)[C@H]([C@H](O)[C@H](O)CO)O4)O3)[C@H]2O)[C@H](O)[C@H]1O)[C@H](O)[C@H](O)CCCCCCCCCCCCC. The van der Waals surface area contributed by atoms with E-state index >= 15 is 0 Å². The fourth-order valence-electron chi connectivity index (χ4n) is 14.4. The van der Waals surface area contributed by atoms with Gasteiger partial charge in [0.2, 0.25) is 17.7 Å². The van der Waals surface area contributed by atoms with Gasteiger partial charge in [-0.2, -0.15) is 0 Å². The van der Waals surface area contributed by atoms with E-state index in [9.17, 15) is 116 Å². The van der Waals surface area contributed by atoms with Crippen molar-refractivity contribution in [2.45, 2.75) is 398 Å². The summed E-state index contributed by atoms with van der Waals surface area (Å²) >= 11 is 0. The van der Waals surface area contributed by atoms with Gasteiger partial charge in [-0.1, -0.05) is 200 Å². The average Bonchev–Trinajstić information content (AvgIpc) is 0.744. The molecule has 0 aromatic heterocycles. The molecule has 0 aromatic rings. The fraction of sp³-hybridized carbons (Fsp3) is 0.932. The van der Waals surface area contributed by atoms with E-state index < -0.39 is 234 Å². The predicted molar refractivity (Wildman–Crippen MR) is 380 cm³/mol. The smallest absolute Gasteiger partial charge is 0.364 e. The number of hydrogen-bond donors (Lipinski definition) is 21. The topological polar surface area (TPSA) is 559 Å². The zero-order valence-corrected chi connectivity index (χ0v) is 63.1. The lowest BCUT2D eigenvalue weighted by Gasteiger charge is -2.51. The van der Waals surface area contributed by atoms with Crippen molar-refractivity contribution in [2.75, 3.05) is 33.0 Å². The molecular formula is C73H133N3O31. The first kappa shape index (κ1) is 95.8. The van der Waals surface area contributed by atoms with E-state index in [1.165, 1.54) is 109 Å². The predicted octanol–water partition coefficient (Wildman–Crippen LogP) is -0.325. The van der Waals surface area contributed by atoms with Gasteiger partial charge in [-0.25, -0.2) is 9.59 Å². The summed E-state index contributed by atoms with van der Waals surface area (Å²) in [6.45, 7) is 0.701. The molecule has 3 amide bonds. The molecule has 0 bridgehead atoms. The van der Waals surface area contributed by atoms with Gasteiger partial charge in [0.25, 0.3) is 11.6 Å². The molecular weight excluding hydrogens is 1410 g/mol. The van der Waals surface area contributed by atoms with Crippen molar-refractivity contribution in [3.8, 4) is 0 Å². The Balaban J connectivity index is 1.49. The molecule has 26 atom stereocenters. The van der Waals surface area contributed by atoms with Gasteiger partial charge in [-0.15, -0.1) is 0 Å². The minimum absolute atomic E-state index is 0.0882. The first-order valence-electron chi connectivity index (χ1n) is 39.2. The van der Waals surface area contributed by atoms with E-state index in [4.69, 9.17) is 37.9 Å². The Morgan fingerprint density at radius 1 is 0.477 bits per heavy atom. The van der Waals surface area contributed by atoms with Crippen LogP contribution in [-0.4, -0.2) is 313 Å². The maximum absolute atomic E-state index is 13.7. The zero-order chi connectivity index (χ0) is 79.4. The van der Waals surface area contributed by atoms with Crippen LogP contribution in [0.3, 0.4) is 0 Å². The number of aliphatic hydroxyl groups is 16. The van der Waals surface area contributed by atoms with E-state index in [1.807, 2.05) is 0 Å². The minimum atomic E-state index is -3.42. The lowest BCUT2D eigenvalue weighted by molar-refractivity contribution is -0.388. The van der Waals surface area contributed by atoms with Crippen LogP contribution >= 0.6 is 0 Å². The third-order valence-corrected chi connectivity index (χ3v) is 20.8. The largest absolute Gasteiger partial charge is 0.477 e. The number of unbranched alkanes of at least 4 members (excludes halogenated alkanes) is 27. The summed E-state index contributed by atoms with van der Waals surface area (Å²) in [5.41, 5.74) is 0. The fourth-order valence-corrected chi connectivity index (χ4v) is 14.4. The maximum atomic E-state index is 13.7. The van der Waals surface area contributed by atoms with Crippen LogP contribution in [0, 0.1) is 0 Å².